The van der Waals surface area contributed by atoms with Gasteiger partial charge in [-0.3, -0.25) is 9.52 Å². The average Bonchev–Trinajstić information content (AvgIpc) is 2.54. The molecule has 6 nitrogen and oxygen atoms in total. The van der Waals surface area contributed by atoms with Crippen molar-refractivity contribution in [2.75, 3.05) is 16.2 Å². The zero-order valence-corrected chi connectivity index (χ0v) is 15.4. The maximum atomic E-state index is 13.0. The quantitative estimate of drug-likeness (QED) is 0.890. The van der Waals surface area contributed by atoms with E-state index in [1.807, 2.05) is 13.8 Å². The van der Waals surface area contributed by atoms with Gasteiger partial charge in [-0.25, -0.2) is 12.8 Å². The predicted molar refractivity (Wildman–Crippen MR) is 96.4 cm³/mol. The van der Waals surface area contributed by atoms with Crippen molar-refractivity contribution in [1.29, 1.82) is 0 Å². The van der Waals surface area contributed by atoms with Crippen LogP contribution in [0.2, 0.25) is 0 Å². The van der Waals surface area contributed by atoms with Crippen LogP contribution in [-0.4, -0.2) is 26.5 Å². The molecule has 138 valence electrons. The summed E-state index contributed by atoms with van der Waals surface area (Å²) in [6.07, 6.45) is 0. The summed E-state index contributed by atoms with van der Waals surface area (Å²) in [5.74, 6) is -0.223. The van der Waals surface area contributed by atoms with E-state index in [1.54, 1.807) is 0 Å². The summed E-state index contributed by atoms with van der Waals surface area (Å²) >= 11 is 0. The maximum Gasteiger partial charge on any atom is 0.261 e. The van der Waals surface area contributed by atoms with Gasteiger partial charge in [0.1, 0.15) is 17.2 Å². The highest BCUT2D eigenvalue weighted by molar-refractivity contribution is 7.92. The minimum atomic E-state index is -3.90. The summed E-state index contributed by atoms with van der Waals surface area (Å²) in [6, 6.07) is 9.33. The van der Waals surface area contributed by atoms with Crippen LogP contribution in [0.25, 0.3) is 0 Å². The number of halogens is 1. The second-order valence-electron chi connectivity index (χ2n) is 6.71. The van der Waals surface area contributed by atoms with Crippen LogP contribution < -0.4 is 14.4 Å². The molecule has 0 saturated heterocycles. The lowest BCUT2D eigenvalue weighted by Gasteiger charge is -2.39. The molecule has 0 spiro atoms. The van der Waals surface area contributed by atoms with Gasteiger partial charge < -0.3 is 9.64 Å². The van der Waals surface area contributed by atoms with Crippen molar-refractivity contribution in [3.8, 4) is 5.75 Å². The number of amides is 1. The van der Waals surface area contributed by atoms with E-state index in [2.05, 4.69) is 4.72 Å². The Morgan fingerprint density at radius 2 is 1.85 bits per heavy atom. The number of ether oxygens (including phenoxy) is 1. The highest BCUT2D eigenvalue weighted by Gasteiger charge is 2.34. The zero-order chi connectivity index (χ0) is 19.1. The van der Waals surface area contributed by atoms with Gasteiger partial charge in [0.05, 0.1) is 17.1 Å². The molecule has 0 aliphatic carbocycles. The lowest BCUT2D eigenvalue weighted by molar-refractivity contribution is -0.117. The number of anilines is 2. The molecule has 26 heavy (non-hydrogen) atoms. The molecule has 0 radical (unpaired) electrons. The van der Waals surface area contributed by atoms with Crippen LogP contribution in [0.4, 0.5) is 15.8 Å². The Labute approximate surface area is 151 Å². The third-order valence-electron chi connectivity index (χ3n) is 3.93. The molecule has 0 saturated carbocycles. The highest BCUT2D eigenvalue weighted by atomic mass is 32.2. The van der Waals surface area contributed by atoms with E-state index in [-0.39, 0.29) is 16.5 Å². The molecule has 2 aromatic rings. The van der Waals surface area contributed by atoms with Crippen LogP contribution in [0.3, 0.4) is 0 Å². The molecule has 1 heterocycles. The van der Waals surface area contributed by atoms with Gasteiger partial charge in [0.2, 0.25) is 5.91 Å². The van der Waals surface area contributed by atoms with Crippen molar-refractivity contribution in [3.63, 3.8) is 0 Å². The van der Waals surface area contributed by atoms with E-state index in [9.17, 15) is 17.6 Å². The van der Waals surface area contributed by atoms with E-state index in [1.165, 1.54) is 42.2 Å². The van der Waals surface area contributed by atoms with Crippen molar-refractivity contribution in [2.45, 2.75) is 31.3 Å². The van der Waals surface area contributed by atoms with Gasteiger partial charge in [-0.2, -0.15) is 0 Å². The maximum absolute atomic E-state index is 13.0. The third kappa shape index (κ3) is 3.65. The zero-order valence-electron chi connectivity index (χ0n) is 14.6. The number of nitrogens with one attached hydrogen (secondary N) is 1. The summed E-state index contributed by atoms with van der Waals surface area (Å²) in [7, 11) is -3.90. The van der Waals surface area contributed by atoms with Crippen LogP contribution in [0, 0.1) is 5.82 Å². The Kier molecular flexibility index (Phi) is 4.39. The van der Waals surface area contributed by atoms with E-state index >= 15 is 0 Å². The van der Waals surface area contributed by atoms with Gasteiger partial charge in [-0.05, 0) is 56.3 Å². The summed E-state index contributed by atoms with van der Waals surface area (Å²) in [4.78, 5) is 13.5. The minimum Gasteiger partial charge on any atom is -0.484 e. The smallest absolute Gasteiger partial charge is 0.261 e. The summed E-state index contributed by atoms with van der Waals surface area (Å²) in [5.41, 5.74) is 0.0644. The van der Waals surface area contributed by atoms with E-state index in [0.29, 0.717) is 18.0 Å². The third-order valence-corrected chi connectivity index (χ3v) is 5.31. The number of fused-ring (bicyclic) bond motifs is 1. The molecule has 0 aromatic heterocycles. The van der Waals surface area contributed by atoms with Crippen LogP contribution >= 0.6 is 0 Å². The lowest BCUT2D eigenvalue weighted by atomic mass is 10.1. The minimum absolute atomic E-state index is 0.0184. The van der Waals surface area contributed by atoms with Crippen molar-refractivity contribution in [1.82, 2.24) is 0 Å². The molecule has 8 heteroatoms. The van der Waals surface area contributed by atoms with Gasteiger partial charge in [0.25, 0.3) is 10.0 Å². The Hall–Kier alpha value is -2.61. The average molecular weight is 378 g/mol. The number of hydrogen-bond acceptors (Lipinski definition) is 4. The second kappa shape index (κ2) is 6.28. The number of hydrogen-bond donors (Lipinski definition) is 1. The van der Waals surface area contributed by atoms with E-state index < -0.39 is 21.4 Å². The fourth-order valence-corrected chi connectivity index (χ4v) is 3.85. The molecule has 0 fully saturated rings. The second-order valence-corrected chi connectivity index (χ2v) is 8.39. The summed E-state index contributed by atoms with van der Waals surface area (Å²) in [5, 5.41) is 0. The van der Waals surface area contributed by atoms with Crippen LogP contribution in [0.15, 0.2) is 47.4 Å². The van der Waals surface area contributed by atoms with Crippen LogP contribution in [-0.2, 0) is 14.8 Å². The van der Waals surface area contributed by atoms with Gasteiger partial charge in [0.15, 0.2) is 0 Å². The first-order chi connectivity index (χ1) is 12.1. The molecule has 2 aromatic carbocycles. The normalized spacial score (nSPS) is 15.8. The van der Waals surface area contributed by atoms with Crippen LogP contribution in [0.1, 0.15) is 20.8 Å². The number of rotatable bonds is 3. The molecular formula is C18H19FN2O4S. The van der Waals surface area contributed by atoms with Gasteiger partial charge in [-0.1, -0.05) is 0 Å². The van der Waals surface area contributed by atoms with E-state index in [4.69, 9.17) is 4.74 Å². The van der Waals surface area contributed by atoms with Gasteiger partial charge in [-0.15, -0.1) is 0 Å². The number of carbonyl (C=O) groups is 1. The molecule has 0 bridgehead atoms. The van der Waals surface area contributed by atoms with Crippen molar-refractivity contribution >= 4 is 27.3 Å². The highest BCUT2D eigenvalue weighted by Crippen LogP contribution is 2.38. The van der Waals surface area contributed by atoms with Gasteiger partial charge >= 0.3 is 0 Å². The lowest BCUT2D eigenvalue weighted by Crippen LogP contribution is -2.48. The van der Waals surface area contributed by atoms with E-state index in [0.717, 1.165) is 12.1 Å². The van der Waals surface area contributed by atoms with Gasteiger partial charge in [0, 0.05) is 12.6 Å². The molecule has 0 unspecified atom stereocenters. The fourth-order valence-electron chi connectivity index (χ4n) is 2.77. The largest absolute Gasteiger partial charge is 0.484 e. The van der Waals surface area contributed by atoms with Crippen LogP contribution in [0.5, 0.6) is 5.75 Å². The first-order valence-electron chi connectivity index (χ1n) is 7.97. The molecule has 1 amide bonds. The number of carbonyl (C=O) groups excluding carboxylic acids is 1. The Balaban J connectivity index is 1.98. The topological polar surface area (TPSA) is 75.7 Å². The molecular weight excluding hydrogens is 359 g/mol. The van der Waals surface area contributed by atoms with Crippen molar-refractivity contribution < 1.29 is 22.3 Å². The SMILES string of the molecule is CC(=O)N1CC(C)(C)Oc2ccc(S(=O)(=O)Nc3ccc(F)cc3)cc21. The number of sulfonamides is 1. The molecule has 0 atom stereocenters. The Bertz CT molecular complexity index is 956. The Morgan fingerprint density at radius 1 is 1.19 bits per heavy atom. The predicted octanol–water partition coefficient (Wildman–Crippen LogP) is 3.15. The first-order valence-corrected chi connectivity index (χ1v) is 9.45. The standard InChI is InChI=1S/C18H19FN2O4S/c1-12(22)21-11-18(2,3)25-17-9-8-15(10-16(17)21)26(23,24)20-14-6-4-13(19)5-7-14/h4-10,20H,11H2,1-3H3. The molecule has 1 aliphatic rings. The molecule has 3 rings (SSSR count). The number of nitrogens with zero attached hydrogens (tertiary/aromatic N) is 1. The van der Waals surface area contributed by atoms with Crippen molar-refractivity contribution in [3.05, 3.63) is 48.3 Å². The molecule has 1 N–H and O–H groups in total. The molecule has 1 aliphatic heterocycles. The number of benzene rings is 2. The summed E-state index contributed by atoms with van der Waals surface area (Å²) < 4.78 is 46.5. The summed E-state index contributed by atoms with van der Waals surface area (Å²) in [6.45, 7) is 5.44. The fraction of sp³-hybridized carbons (Fsp3) is 0.278. The first kappa shape index (κ1) is 18.2. The van der Waals surface area contributed by atoms with Crippen molar-refractivity contribution in [2.24, 2.45) is 0 Å². The Morgan fingerprint density at radius 3 is 2.46 bits per heavy atom. The monoisotopic (exact) mass is 378 g/mol.